The highest BCUT2D eigenvalue weighted by Gasteiger charge is 2.12. The van der Waals surface area contributed by atoms with Gasteiger partial charge in [-0.3, -0.25) is 4.79 Å². The fraction of sp³-hybridized carbons (Fsp3) is 0.133. The maximum atomic E-state index is 11.2. The average molecular weight is 332 g/mol. The maximum absolute atomic E-state index is 11.2. The molecule has 3 rings (SSSR count). The van der Waals surface area contributed by atoms with Gasteiger partial charge in [-0.15, -0.1) is 0 Å². The summed E-state index contributed by atoms with van der Waals surface area (Å²) in [6, 6.07) is 9.97. The van der Waals surface area contributed by atoms with E-state index >= 15 is 0 Å². The molecule has 1 aromatic heterocycles. The Bertz CT molecular complexity index is 823. The lowest BCUT2D eigenvalue weighted by Gasteiger charge is -2.02. The quantitative estimate of drug-likeness (QED) is 0.689. The molecule has 5 N–H and O–H groups in total. The molecule has 0 aliphatic rings. The molecule has 0 unspecified atom stereocenters. The van der Waals surface area contributed by atoms with Gasteiger partial charge in [0, 0.05) is 27.3 Å². The summed E-state index contributed by atoms with van der Waals surface area (Å²) < 4.78 is 0.993. The van der Waals surface area contributed by atoms with Crippen LogP contribution >= 0.6 is 15.9 Å². The minimum absolute atomic E-state index is 0.223. The molecule has 0 radical (unpaired) electrons. The smallest absolute Gasteiger partial charge is 0.221 e. The van der Waals surface area contributed by atoms with Crippen molar-refractivity contribution in [1.29, 1.82) is 0 Å². The van der Waals surface area contributed by atoms with Crippen molar-refractivity contribution < 1.29 is 4.79 Å². The first-order valence-electron chi connectivity index (χ1n) is 6.30. The molecule has 5 heteroatoms. The average Bonchev–Trinajstić information content (AvgIpc) is 2.80. The number of hydrogen-bond donors (Lipinski definition) is 3. The van der Waals surface area contributed by atoms with Crippen molar-refractivity contribution in [1.82, 2.24) is 4.98 Å². The molecule has 0 bridgehead atoms. The van der Waals surface area contributed by atoms with Gasteiger partial charge in [-0.2, -0.15) is 0 Å². The Kier molecular flexibility index (Phi) is 3.23. The number of primary amides is 1. The van der Waals surface area contributed by atoms with Gasteiger partial charge in [0.05, 0.1) is 11.9 Å². The van der Waals surface area contributed by atoms with Gasteiger partial charge in [0.1, 0.15) is 0 Å². The van der Waals surface area contributed by atoms with Crippen LogP contribution in [-0.2, 0) is 17.8 Å². The van der Waals surface area contributed by atoms with Gasteiger partial charge in [-0.05, 0) is 23.3 Å². The van der Waals surface area contributed by atoms with Crippen LogP contribution in [0.4, 0.5) is 0 Å². The van der Waals surface area contributed by atoms with Gasteiger partial charge in [0.25, 0.3) is 0 Å². The lowest BCUT2D eigenvalue weighted by Crippen LogP contribution is -2.13. The minimum atomic E-state index is -0.338. The fourth-order valence-corrected chi connectivity index (χ4v) is 3.08. The second-order valence-electron chi connectivity index (χ2n) is 4.81. The molecule has 2 aromatic carbocycles. The number of nitrogens with one attached hydrogen (secondary N) is 1. The van der Waals surface area contributed by atoms with Crippen LogP contribution in [0, 0.1) is 0 Å². The van der Waals surface area contributed by atoms with Gasteiger partial charge in [-0.1, -0.05) is 34.1 Å². The van der Waals surface area contributed by atoms with Crippen molar-refractivity contribution >= 4 is 43.6 Å². The zero-order chi connectivity index (χ0) is 14.3. The molecule has 0 saturated heterocycles. The molecule has 20 heavy (non-hydrogen) atoms. The van der Waals surface area contributed by atoms with Crippen LogP contribution in [-0.4, -0.2) is 10.9 Å². The van der Waals surface area contributed by atoms with Crippen molar-refractivity contribution in [3.05, 3.63) is 45.9 Å². The molecule has 0 aliphatic carbocycles. The van der Waals surface area contributed by atoms with E-state index in [2.05, 4.69) is 27.0 Å². The summed E-state index contributed by atoms with van der Waals surface area (Å²) in [4.78, 5) is 14.6. The van der Waals surface area contributed by atoms with E-state index in [1.165, 1.54) is 0 Å². The molecule has 1 heterocycles. The summed E-state index contributed by atoms with van der Waals surface area (Å²) in [5.41, 5.74) is 14.9. The highest BCUT2D eigenvalue weighted by Crippen LogP contribution is 2.34. The third-order valence-corrected chi connectivity index (χ3v) is 4.11. The van der Waals surface area contributed by atoms with Gasteiger partial charge < -0.3 is 16.5 Å². The number of carbonyl (C=O) groups is 1. The Morgan fingerprint density at radius 2 is 2.05 bits per heavy atom. The lowest BCUT2D eigenvalue weighted by molar-refractivity contribution is -0.117. The molecule has 1 amide bonds. The van der Waals surface area contributed by atoms with Gasteiger partial charge in [-0.25, -0.2) is 0 Å². The molecule has 0 spiro atoms. The van der Waals surface area contributed by atoms with E-state index in [4.69, 9.17) is 11.5 Å². The number of rotatable bonds is 3. The number of aromatic amines is 1. The van der Waals surface area contributed by atoms with Crippen LogP contribution in [0.25, 0.3) is 21.8 Å². The second kappa shape index (κ2) is 4.92. The zero-order valence-electron chi connectivity index (χ0n) is 10.7. The summed E-state index contributed by atoms with van der Waals surface area (Å²) in [7, 11) is 0. The number of carbonyl (C=O) groups excluding carboxylic acids is 1. The predicted molar refractivity (Wildman–Crippen MR) is 84.3 cm³/mol. The first kappa shape index (κ1) is 13.1. The second-order valence-corrected chi connectivity index (χ2v) is 5.66. The number of benzene rings is 2. The topological polar surface area (TPSA) is 84.9 Å². The fourth-order valence-electron chi connectivity index (χ4n) is 2.54. The Morgan fingerprint density at radius 1 is 1.25 bits per heavy atom. The first-order chi connectivity index (χ1) is 9.60. The number of halogens is 1. The normalized spacial score (nSPS) is 11.3. The summed E-state index contributed by atoms with van der Waals surface area (Å²) in [6.07, 6.45) is 0.223. The number of nitrogens with two attached hydrogens (primary N) is 2. The standard InChI is InChI=1S/C15H14BrN3O/c16-11-4-2-9(6-13(18)20)15-14(11)10-3-1-8(7-17)5-12(10)19-15/h1-5,19H,6-7,17H2,(H2,18,20). The molecular formula is C15H14BrN3O. The van der Waals surface area contributed by atoms with E-state index in [1.807, 2.05) is 24.3 Å². The Morgan fingerprint density at radius 3 is 2.75 bits per heavy atom. The lowest BCUT2D eigenvalue weighted by atomic mass is 10.1. The Hall–Kier alpha value is -1.85. The van der Waals surface area contributed by atoms with Crippen molar-refractivity contribution in [3.63, 3.8) is 0 Å². The predicted octanol–water partition coefficient (Wildman–Crippen LogP) is 2.57. The maximum Gasteiger partial charge on any atom is 0.221 e. The molecule has 3 aromatic rings. The molecule has 4 nitrogen and oxygen atoms in total. The van der Waals surface area contributed by atoms with E-state index in [0.29, 0.717) is 6.54 Å². The monoisotopic (exact) mass is 331 g/mol. The Balaban J connectivity index is 2.35. The number of fused-ring (bicyclic) bond motifs is 3. The minimum Gasteiger partial charge on any atom is -0.369 e. The largest absolute Gasteiger partial charge is 0.369 e. The van der Waals surface area contributed by atoms with E-state index < -0.39 is 0 Å². The number of H-pyrrole nitrogens is 1. The SMILES string of the molecule is NCc1ccc2c(c1)[nH]c1c(CC(N)=O)ccc(Br)c12. The molecule has 0 saturated carbocycles. The van der Waals surface area contributed by atoms with Crippen LogP contribution in [0.5, 0.6) is 0 Å². The van der Waals surface area contributed by atoms with Crippen LogP contribution in [0.1, 0.15) is 11.1 Å². The van der Waals surface area contributed by atoms with Crippen molar-refractivity contribution in [2.45, 2.75) is 13.0 Å². The van der Waals surface area contributed by atoms with E-state index in [1.54, 1.807) is 0 Å². The first-order valence-corrected chi connectivity index (χ1v) is 7.09. The summed E-state index contributed by atoms with van der Waals surface area (Å²) in [5.74, 6) is -0.338. The van der Waals surface area contributed by atoms with E-state index in [9.17, 15) is 4.79 Å². The van der Waals surface area contributed by atoms with Crippen molar-refractivity contribution in [2.24, 2.45) is 11.5 Å². The highest BCUT2D eigenvalue weighted by atomic mass is 79.9. The highest BCUT2D eigenvalue weighted by molar-refractivity contribution is 9.10. The molecule has 0 aliphatic heterocycles. The van der Waals surface area contributed by atoms with Crippen LogP contribution in [0.2, 0.25) is 0 Å². The molecule has 102 valence electrons. The van der Waals surface area contributed by atoms with Crippen LogP contribution in [0.3, 0.4) is 0 Å². The third kappa shape index (κ3) is 2.09. The van der Waals surface area contributed by atoms with Crippen molar-refractivity contribution in [2.75, 3.05) is 0 Å². The van der Waals surface area contributed by atoms with Gasteiger partial charge in [0.15, 0.2) is 0 Å². The van der Waals surface area contributed by atoms with Crippen LogP contribution in [0.15, 0.2) is 34.8 Å². The third-order valence-electron chi connectivity index (χ3n) is 3.45. The van der Waals surface area contributed by atoms with Crippen LogP contribution < -0.4 is 11.5 Å². The summed E-state index contributed by atoms with van der Waals surface area (Å²) >= 11 is 3.57. The molecular weight excluding hydrogens is 318 g/mol. The Labute approximate surface area is 124 Å². The summed E-state index contributed by atoms with van der Waals surface area (Å²) in [5, 5.41) is 2.18. The number of hydrogen-bond acceptors (Lipinski definition) is 2. The van der Waals surface area contributed by atoms with Crippen molar-refractivity contribution in [3.8, 4) is 0 Å². The number of aromatic nitrogens is 1. The van der Waals surface area contributed by atoms with E-state index in [0.717, 1.165) is 37.4 Å². The number of amides is 1. The van der Waals surface area contributed by atoms with E-state index in [-0.39, 0.29) is 12.3 Å². The molecule has 0 fully saturated rings. The van der Waals surface area contributed by atoms with Gasteiger partial charge in [0.2, 0.25) is 5.91 Å². The van der Waals surface area contributed by atoms with Gasteiger partial charge >= 0.3 is 0 Å². The zero-order valence-corrected chi connectivity index (χ0v) is 12.3. The molecule has 0 atom stereocenters. The summed E-state index contributed by atoms with van der Waals surface area (Å²) in [6.45, 7) is 0.501.